The third-order valence-corrected chi connectivity index (χ3v) is 8.18. The number of halogens is 1. The van der Waals surface area contributed by atoms with Crippen molar-refractivity contribution in [3.05, 3.63) is 63.4 Å². The minimum absolute atomic E-state index is 0.113. The van der Waals surface area contributed by atoms with Crippen LogP contribution in [0.1, 0.15) is 85.4 Å². The van der Waals surface area contributed by atoms with E-state index in [1.165, 1.54) is 35.6 Å². The molecule has 0 unspecified atom stereocenters. The van der Waals surface area contributed by atoms with E-state index < -0.39 is 17.9 Å². The van der Waals surface area contributed by atoms with Crippen LogP contribution in [-0.2, 0) is 9.59 Å². The standard InChI is InChI=1S/C28H35FN4O3S/c1-18(30-2)26(35)32-24(19-9-5-3-6-10-19)28(36)33-16-8-4-7-11-23(33)27-31-22(17-37-27)25(34)20-12-14-21(29)15-13-20/h9,12-15,17-18,23-24,30H,3-8,10-11,16H2,1-2H3,(H,32,35)/t18-,23-,24-/m0/s1. The van der Waals surface area contributed by atoms with Crippen molar-refractivity contribution < 1.29 is 18.8 Å². The molecular formula is C28H35FN4O3S. The van der Waals surface area contributed by atoms with E-state index in [0.29, 0.717) is 22.8 Å². The molecule has 1 aliphatic heterocycles. The summed E-state index contributed by atoms with van der Waals surface area (Å²) in [5, 5.41) is 8.39. The summed E-state index contributed by atoms with van der Waals surface area (Å²) in [6.45, 7) is 2.35. The number of hydrogen-bond donors (Lipinski definition) is 2. The number of amides is 2. The number of rotatable bonds is 8. The summed E-state index contributed by atoms with van der Waals surface area (Å²) < 4.78 is 13.3. The van der Waals surface area contributed by atoms with Gasteiger partial charge in [0.1, 0.15) is 22.6 Å². The fourth-order valence-corrected chi connectivity index (χ4v) is 5.87. The molecule has 2 amide bonds. The smallest absolute Gasteiger partial charge is 0.250 e. The zero-order valence-corrected chi connectivity index (χ0v) is 22.3. The highest BCUT2D eigenvalue weighted by molar-refractivity contribution is 7.10. The first kappa shape index (κ1) is 27.1. The van der Waals surface area contributed by atoms with E-state index in [1.807, 2.05) is 4.90 Å². The van der Waals surface area contributed by atoms with Gasteiger partial charge in [-0.3, -0.25) is 14.4 Å². The Balaban J connectivity index is 1.61. The van der Waals surface area contributed by atoms with E-state index in [2.05, 4.69) is 21.7 Å². The zero-order valence-electron chi connectivity index (χ0n) is 21.5. The Bertz CT molecular complexity index is 1150. The second-order valence-electron chi connectivity index (χ2n) is 9.78. The largest absolute Gasteiger partial charge is 0.339 e. The highest BCUT2D eigenvalue weighted by Crippen LogP contribution is 2.34. The number of hydrogen-bond acceptors (Lipinski definition) is 6. The quantitative estimate of drug-likeness (QED) is 0.389. The summed E-state index contributed by atoms with van der Waals surface area (Å²) in [5.74, 6) is -0.993. The minimum atomic E-state index is -0.704. The number of likely N-dealkylation sites (tertiary alicyclic amines) is 1. The number of likely N-dealkylation sites (N-methyl/N-ethyl adjacent to an activating group) is 1. The molecule has 1 fully saturated rings. The van der Waals surface area contributed by atoms with Gasteiger partial charge in [0.25, 0.3) is 0 Å². The van der Waals surface area contributed by atoms with Gasteiger partial charge >= 0.3 is 0 Å². The molecule has 1 aliphatic carbocycles. The van der Waals surface area contributed by atoms with Gasteiger partial charge in [0.15, 0.2) is 0 Å². The predicted molar refractivity (Wildman–Crippen MR) is 142 cm³/mol. The maximum atomic E-state index is 14.1. The van der Waals surface area contributed by atoms with Gasteiger partial charge in [-0.1, -0.05) is 18.9 Å². The Labute approximate surface area is 221 Å². The zero-order chi connectivity index (χ0) is 26.4. The first-order valence-corrected chi connectivity index (χ1v) is 14.0. The van der Waals surface area contributed by atoms with E-state index in [0.717, 1.165) is 56.9 Å². The van der Waals surface area contributed by atoms with Crippen molar-refractivity contribution in [1.82, 2.24) is 20.5 Å². The first-order valence-electron chi connectivity index (χ1n) is 13.1. The molecule has 1 saturated heterocycles. The molecule has 37 heavy (non-hydrogen) atoms. The maximum Gasteiger partial charge on any atom is 0.250 e. The number of thiazole rings is 1. The first-order chi connectivity index (χ1) is 17.9. The van der Waals surface area contributed by atoms with Crippen LogP contribution in [0.15, 0.2) is 41.3 Å². The van der Waals surface area contributed by atoms with Gasteiger partial charge in [0.05, 0.1) is 12.1 Å². The van der Waals surface area contributed by atoms with Crippen molar-refractivity contribution in [3.8, 4) is 0 Å². The highest BCUT2D eigenvalue weighted by Gasteiger charge is 2.36. The van der Waals surface area contributed by atoms with E-state index >= 15 is 0 Å². The van der Waals surface area contributed by atoms with Crippen molar-refractivity contribution in [1.29, 1.82) is 0 Å². The number of carbonyl (C=O) groups excluding carboxylic acids is 3. The Kier molecular flexibility index (Phi) is 9.21. The van der Waals surface area contributed by atoms with Gasteiger partial charge in [-0.2, -0.15) is 0 Å². The Morgan fingerprint density at radius 3 is 2.59 bits per heavy atom. The molecule has 9 heteroatoms. The highest BCUT2D eigenvalue weighted by atomic mass is 32.1. The molecule has 4 rings (SSSR count). The monoisotopic (exact) mass is 526 g/mol. The van der Waals surface area contributed by atoms with Crippen LogP contribution in [0.25, 0.3) is 0 Å². The average Bonchev–Trinajstić information content (AvgIpc) is 3.29. The Morgan fingerprint density at radius 2 is 1.89 bits per heavy atom. The van der Waals surface area contributed by atoms with Gasteiger partial charge in [-0.05, 0) is 82.3 Å². The molecule has 2 aliphatic rings. The van der Waals surface area contributed by atoms with Crippen LogP contribution >= 0.6 is 11.3 Å². The van der Waals surface area contributed by atoms with Crippen molar-refractivity contribution in [2.45, 2.75) is 76.4 Å². The average molecular weight is 527 g/mol. The van der Waals surface area contributed by atoms with Gasteiger partial charge in [0.2, 0.25) is 17.6 Å². The lowest BCUT2D eigenvalue weighted by Crippen LogP contribution is -2.54. The second-order valence-corrected chi connectivity index (χ2v) is 10.7. The number of benzene rings is 1. The van der Waals surface area contributed by atoms with Crippen molar-refractivity contribution in [2.24, 2.45) is 0 Å². The lowest BCUT2D eigenvalue weighted by atomic mass is 9.92. The number of aromatic nitrogens is 1. The fourth-order valence-electron chi connectivity index (χ4n) is 4.93. The lowest BCUT2D eigenvalue weighted by Gasteiger charge is -2.34. The fraction of sp³-hybridized carbons (Fsp3) is 0.500. The molecule has 2 N–H and O–H groups in total. The summed E-state index contributed by atoms with van der Waals surface area (Å²) in [5.41, 5.74) is 1.64. The summed E-state index contributed by atoms with van der Waals surface area (Å²) in [7, 11) is 1.72. The molecular weight excluding hydrogens is 491 g/mol. The van der Waals surface area contributed by atoms with Crippen LogP contribution in [-0.4, -0.2) is 53.2 Å². The number of carbonyl (C=O) groups is 3. The summed E-state index contributed by atoms with van der Waals surface area (Å²) in [4.78, 5) is 46.4. The molecule has 0 bridgehead atoms. The van der Waals surface area contributed by atoms with Crippen LogP contribution in [0.4, 0.5) is 4.39 Å². The number of ketones is 1. The van der Waals surface area contributed by atoms with Crippen LogP contribution < -0.4 is 10.6 Å². The van der Waals surface area contributed by atoms with E-state index in [1.54, 1.807) is 19.4 Å². The molecule has 1 aromatic carbocycles. The van der Waals surface area contributed by atoms with Gasteiger partial charge < -0.3 is 15.5 Å². The van der Waals surface area contributed by atoms with Gasteiger partial charge in [-0.25, -0.2) is 9.37 Å². The van der Waals surface area contributed by atoms with Crippen LogP contribution in [0.5, 0.6) is 0 Å². The summed E-state index contributed by atoms with van der Waals surface area (Å²) >= 11 is 1.37. The molecule has 2 aromatic rings. The molecule has 3 atom stereocenters. The van der Waals surface area contributed by atoms with E-state index in [4.69, 9.17) is 0 Å². The van der Waals surface area contributed by atoms with Crippen molar-refractivity contribution in [3.63, 3.8) is 0 Å². The summed E-state index contributed by atoms with van der Waals surface area (Å²) in [6.07, 6.45) is 9.45. The van der Waals surface area contributed by atoms with Crippen LogP contribution in [0.3, 0.4) is 0 Å². The maximum absolute atomic E-state index is 14.1. The van der Waals surface area contributed by atoms with Crippen molar-refractivity contribution in [2.75, 3.05) is 13.6 Å². The number of nitrogens with zero attached hydrogens (tertiary/aromatic N) is 2. The van der Waals surface area contributed by atoms with Gasteiger partial charge in [-0.15, -0.1) is 11.3 Å². The number of nitrogens with one attached hydrogen (secondary N) is 2. The molecule has 0 saturated carbocycles. The second kappa shape index (κ2) is 12.6. The lowest BCUT2D eigenvalue weighted by molar-refractivity contribution is -0.138. The molecule has 2 heterocycles. The van der Waals surface area contributed by atoms with Gasteiger partial charge in [0, 0.05) is 17.5 Å². The number of allylic oxidation sites excluding steroid dienone is 1. The topological polar surface area (TPSA) is 91.4 Å². The normalized spacial score (nSPS) is 19.9. The molecule has 198 valence electrons. The van der Waals surface area contributed by atoms with Crippen LogP contribution in [0.2, 0.25) is 0 Å². The molecule has 7 nitrogen and oxygen atoms in total. The molecule has 1 aromatic heterocycles. The summed E-state index contributed by atoms with van der Waals surface area (Å²) in [6, 6.07) is 4.04. The van der Waals surface area contributed by atoms with Crippen molar-refractivity contribution >= 4 is 28.9 Å². The van der Waals surface area contributed by atoms with Crippen LogP contribution in [0, 0.1) is 5.82 Å². The SMILES string of the molecule is CN[C@@H](C)C(=O)N[C@H](C(=O)N1CCCCC[C@H]1c1nc(C(=O)c2ccc(F)cc2)cs1)C1=CCCCC1. The third kappa shape index (κ3) is 6.51. The Hall–Kier alpha value is -2.91. The third-order valence-electron chi connectivity index (χ3n) is 7.24. The Morgan fingerprint density at radius 1 is 1.11 bits per heavy atom. The molecule has 0 spiro atoms. The van der Waals surface area contributed by atoms with E-state index in [-0.39, 0.29) is 23.6 Å². The molecule has 0 radical (unpaired) electrons. The van der Waals surface area contributed by atoms with E-state index in [9.17, 15) is 18.8 Å². The minimum Gasteiger partial charge on any atom is -0.339 e. The predicted octanol–water partition coefficient (Wildman–Crippen LogP) is 4.55.